The van der Waals surface area contributed by atoms with E-state index in [9.17, 15) is 13.2 Å². The molecule has 0 saturated carbocycles. The van der Waals surface area contributed by atoms with E-state index in [4.69, 9.17) is 0 Å². The summed E-state index contributed by atoms with van der Waals surface area (Å²) >= 11 is 1.54. The molecule has 2 rings (SSSR count). The lowest BCUT2D eigenvalue weighted by atomic mass is 10.2. The number of hydrogen-bond acceptors (Lipinski definition) is 4. The van der Waals surface area contributed by atoms with Gasteiger partial charge in [0.05, 0.1) is 11.4 Å². The normalized spacial score (nSPS) is 11.5. The lowest BCUT2D eigenvalue weighted by molar-refractivity contribution is -0.121. The molecule has 0 aromatic heterocycles. The molecule has 0 aliphatic carbocycles. The van der Waals surface area contributed by atoms with E-state index in [0.717, 1.165) is 14.8 Å². The van der Waals surface area contributed by atoms with E-state index in [0.29, 0.717) is 6.54 Å². The summed E-state index contributed by atoms with van der Waals surface area (Å²) in [5.74, 6) is -0.342. The van der Waals surface area contributed by atoms with Gasteiger partial charge in [-0.05, 0) is 36.1 Å². The smallest absolute Gasteiger partial charge is 0.243 e. The molecule has 1 N–H and O–H groups in total. The van der Waals surface area contributed by atoms with Gasteiger partial charge in [-0.1, -0.05) is 30.3 Å². The van der Waals surface area contributed by atoms with E-state index in [1.807, 2.05) is 36.6 Å². The second-order valence-corrected chi connectivity index (χ2v) is 8.12. The molecule has 0 aliphatic rings. The Bertz CT molecular complexity index is 775. The minimum absolute atomic E-state index is 0.179. The van der Waals surface area contributed by atoms with Crippen LogP contribution in [0, 0.1) is 0 Å². The van der Waals surface area contributed by atoms with Crippen molar-refractivity contribution in [3.05, 3.63) is 60.2 Å². The Morgan fingerprint density at radius 1 is 1.08 bits per heavy atom. The minimum Gasteiger partial charge on any atom is -0.351 e. The number of rotatable bonds is 7. The number of amides is 1. The lowest BCUT2D eigenvalue weighted by Gasteiger charge is -2.17. The molecule has 0 aliphatic heterocycles. The summed E-state index contributed by atoms with van der Waals surface area (Å²) in [6.07, 6.45) is 1.92. The van der Waals surface area contributed by atoms with E-state index < -0.39 is 10.0 Å². The highest BCUT2D eigenvalue weighted by Crippen LogP contribution is 2.19. The van der Waals surface area contributed by atoms with Gasteiger partial charge in [-0.15, -0.1) is 11.8 Å². The van der Waals surface area contributed by atoms with E-state index in [-0.39, 0.29) is 17.3 Å². The molecule has 0 radical (unpaired) electrons. The molecule has 0 fully saturated rings. The first-order valence-corrected chi connectivity index (χ1v) is 10.0. The first-order chi connectivity index (χ1) is 11.4. The molecule has 0 heterocycles. The number of hydrogen-bond donors (Lipinski definition) is 1. The zero-order valence-corrected chi connectivity index (χ0v) is 15.2. The summed E-state index contributed by atoms with van der Waals surface area (Å²) in [6, 6.07) is 16.1. The molecule has 5 nitrogen and oxygen atoms in total. The van der Waals surface area contributed by atoms with Crippen LogP contribution in [-0.2, 0) is 21.4 Å². The number of carbonyl (C=O) groups is 1. The average Bonchev–Trinajstić information content (AvgIpc) is 2.60. The van der Waals surface area contributed by atoms with Gasteiger partial charge in [0, 0.05) is 18.5 Å². The monoisotopic (exact) mass is 364 g/mol. The van der Waals surface area contributed by atoms with E-state index in [1.54, 1.807) is 24.3 Å². The van der Waals surface area contributed by atoms with Crippen LogP contribution in [0.5, 0.6) is 0 Å². The van der Waals surface area contributed by atoms with Gasteiger partial charge in [-0.2, -0.15) is 4.31 Å². The van der Waals surface area contributed by atoms with Gasteiger partial charge in [0.1, 0.15) is 0 Å². The standard InChI is InChI=1S/C17H20N2O3S2/c1-19(13-17(20)18-12-14-6-4-3-5-7-14)24(21,22)16-10-8-15(23-2)9-11-16/h3-11H,12-13H2,1-2H3,(H,18,20). The van der Waals surface area contributed by atoms with E-state index in [2.05, 4.69) is 5.32 Å². The molecule has 2 aromatic carbocycles. The van der Waals surface area contributed by atoms with Gasteiger partial charge in [-0.25, -0.2) is 8.42 Å². The number of thioether (sulfide) groups is 1. The molecule has 1 amide bonds. The summed E-state index contributed by atoms with van der Waals surface area (Å²) in [5.41, 5.74) is 0.962. The van der Waals surface area contributed by atoms with Crippen LogP contribution in [0.3, 0.4) is 0 Å². The third kappa shape index (κ3) is 4.83. The molecule has 0 bridgehead atoms. The highest BCUT2D eigenvalue weighted by Gasteiger charge is 2.22. The Kier molecular flexibility index (Phi) is 6.42. The van der Waals surface area contributed by atoms with E-state index in [1.165, 1.54) is 18.8 Å². The Hall–Kier alpha value is -1.83. The minimum atomic E-state index is -3.68. The third-order valence-electron chi connectivity index (χ3n) is 3.47. The average molecular weight is 364 g/mol. The molecular formula is C17H20N2O3S2. The van der Waals surface area contributed by atoms with Crippen LogP contribution in [0.2, 0.25) is 0 Å². The number of likely N-dealkylation sites (N-methyl/N-ethyl adjacent to an activating group) is 1. The fraction of sp³-hybridized carbons (Fsp3) is 0.235. The fourth-order valence-electron chi connectivity index (χ4n) is 2.07. The highest BCUT2D eigenvalue weighted by molar-refractivity contribution is 7.98. The van der Waals surface area contributed by atoms with Crippen LogP contribution in [0.4, 0.5) is 0 Å². The zero-order chi connectivity index (χ0) is 17.6. The molecule has 7 heteroatoms. The van der Waals surface area contributed by atoms with Crippen molar-refractivity contribution in [3.63, 3.8) is 0 Å². The van der Waals surface area contributed by atoms with Crippen molar-refractivity contribution in [3.8, 4) is 0 Å². The molecule has 0 atom stereocenters. The number of sulfonamides is 1. The second-order valence-electron chi connectivity index (χ2n) is 5.20. The van der Waals surface area contributed by atoms with Crippen molar-refractivity contribution in [2.75, 3.05) is 19.8 Å². The quantitative estimate of drug-likeness (QED) is 0.766. The number of nitrogens with one attached hydrogen (secondary N) is 1. The molecular weight excluding hydrogens is 344 g/mol. The summed E-state index contributed by atoms with van der Waals surface area (Å²) < 4.78 is 26.0. The van der Waals surface area contributed by atoms with Crippen LogP contribution in [0.1, 0.15) is 5.56 Å². The van der Waals surface area contributed by atoms with Crippen LogP contribution >= 0.6 is 11.8 Å². The predicted octanol–water partition coefficient (Wildman–Crippen LogP) is 2.35. The van der Waals surface area contributed by atoms with Gasteiger partial charge in [0.15, 0.2) is 0 Å². The number of carbonyl (C=O) groups excluding carboxylic acids is 1. The maximum atomic E-state index is 12.5. The van der Waals surface area contributed by atoms with Crippen molar-refractivity contribution >= 4 is 27.7 Å². The highest BCUT2D eigenvalue weighted by atomic mass is 32.2. The van der Waals surface area contributed by atoms with Gasteiger partial charge in [-0.3, -0.25) is 4.79 Å². The maximum Gasteiger partial charge on any atom is 0.243 e. The first kappa shape index (κ1) is 18.5. The van der Waals surface area contributed by atoms with Crippen LogP contribution in [0.15, 0.2) is 64.4 Å². The maximum absolute atomic E-state index is 12.5. The van der Waals surface area contributed by atoms with Gasteiger partial charge < -0.3 is 5.32 Å². The molecule has 24 heavy (non-hydrogen) atoms. The van der Waals surface area contributed by atoms with Crippen LogP contribution < -0.4 is 5.32 Å². The SMILES string of the molecule is CSc1ccc(S(=O)(=O)N(C)CC(=O)NCc2ccccc2)cc1. The molecule has 0 spiro atoms. The molecule has 128 valence electrons. The van der Waals surface area contributed by atoms with Crippen molar-refractivity contribution in [2.24, 2.45) is 0 Å². The van der Waals surface area contributed by atoms with Gasteiger partial charge in [0.25, 0.3) is 0 Å². The Labute approximate surface area is 147 Å². The largest absolute Gasteiger partial charge is 0.351 e. The van der Waals surface area contributed by atoms with Gasteiger partial charge >= 0.3 is 0 Å². The van der Waals surface area contributed by atoms with Crippen molar-refractivity contribution < 1.29 is 13.2 Å². The zero-order valence-electron chi connectivity index (χ0n) is 13.6. The molecule has 2 aromatic rings. The lowest BCUT2D eigenvalue weighted by Crippen LogP contribution is -2.38. The third-order valence-corrected chi connectivity index (χ3v) is 6.03. The summed E-state index contributed by atoms with van der Waals surface area (Å²) in [5, 5.41) is 2.72. The van der Waals surface area contributed by atoms with Gasteiger partial charge in [0.2, 0.25) is 15.9 Å². The second kappa shape index (κ2) is 8.32. The molecule has 0 saturated heterocycles. The van der Waals surface area contributed by atoms with Crippen molar-refractivity contribution in [2.45, 2.75) is 16.3 Å². The summed E-state index contributed by atoms with van der Waals surface area (Å²) in [7, 11) is -2.28. The first-order valence-electron chi connectivity index (χ1n) is 7.34. The van der Waals surface area contributed by atoms with Crippen molar-refractivity contribution in [1.82, 2.24) is 9.62 Å². The Morgan fingerprint density at radius 3 is 2.29 bits per heavy atom. The number of benzene rings is 2. The fourth-order valence-corrected chi connectivity index (χ4v) is 3.60. The summed E-state index contributed by atoms with van der Waals surface area (Å²) in [6.45, 7) is 0.148. The number of nitrogens with zero attached hydrogens (tertiary/aromatic N) is 1. The summed E-state index contributed by atoms with van der Waals surface area (Å²) in [4.78, 5) is 13.1. The Morgan fingerprint density at radius 2 is 1.71 bits per heavy atom. The van der Waals surface area contributed by atoms with Crippen LogP contribution in [-0.4, -0.2) is 38.5 Å². The molecule has 0 unspecified atom stereocenters. The topological polar surface area (TPSA) is 66.5 Å². The Balaban J connectivity index is 1.96. The van der Waals surface area contributed by atoms with Crippen molar-refractivity contribution in [1.29, 1.82) is 0 Å². The van der Waals surface area contributed by atoms with E-state index >= 15 is 0 Å². The predicted molar refractivity (Wildman–Crippen MR) is 96.3 cm³/mol. The van der Waals surface area contributed by atoms with Crippen LogP contribution in [0.25, 0.3) is 0 Å².